The Morgan fingerprint density at radius 2 is 1.94 bits per heavy atom. The lowest BCUT2D eigenvalue weighted by Crippen LogP contribution is -2.22. The molecule has 0 atom stereocenters. The van der Waals surface area contributed by atoms with Crippen molar-refractivity contribution in [3.05, 3.63) is 40.1 Å². The first kappa shape index (κ1) is 11.2. The molecule has 0 fully saturated rings. The van der Waals surface area contributed by atoms with E-state index in [1.54, 1.807) is 26.0 Å². The van der Waals surface area contributed by atoms with Gasteiger partial charge in [-0.25, -0.2) is 4.79 Å². The van der Waals surface area contributed by atoms with Gasteiger partial charge in [-0.3, -0.25) is 0 Å². The Morgan fingerprint density at radius 3 is 2.44 bits per heavy atom. The third kappa shape index (κ3) is 1.63. The van der Waals surface area contributed by atoms with Crippen LogP contribution in [0, 0.1) is 0 Å². The van der Waals surface area contributed by atoms with Gasteiger partial charge in [-0.1, -0.05) is 34.1 Å². The van der Waals surface area contributed by atoms with Crippen molar-refractivity contribution >= 4 is 27.5 Å². The standard InChI is InChI=1S/C12H11BrO3/c1-12(2)10(14)9(11(15)16-12)7-5-3-4-6-8(7)13/h3-6,14H,1-2H3. The molecular weight excluding hydrogens is 272 g/mol. The summed E-state index contributed by atoms with van der Waals surface area (Å²) in [6.07, 6.45) is 0. The van der Waals surface area contributed by atoms with Crippen molar-refractivity contribution in [1.29, 1.82) is 0 Å². The molecule has 1 N–H and O–H groups in total. The summed E-state index contributed by atoms with van der Waals surface area (Å²) >= 11 is 3.35. The number of hydrogen-bond donors (Lipinski definition) is 1. The normalized spacial score (nSPS) is 18.8. The molecule has 0 amide bonds. The number of carbonyl (C=O) groups excluding carboxylic acids is 1. The van der Waals surface area contributed by atoms with Crippen molar-refractivity contribution in [2.24, 2.45) is 0 Å². The third-order valence-corrected chi connectivity index (χ3v) is 3.19. The van der Waals surface area contributed by atoms with Gasteiger partial charge in [-0.2, -0.15) is 0 Å². The SMILES string of the molecule is CC1(C)OC(=O)C(c2ccccc2Br)=C1O. The number of halogens is 1. The van der Waals surface area contributed by atoms with Crippen LogP contribution in [0.25, 0.3) is 5.57 Å². The number of benzene rings is 1. The second kappa shape index (κ2) is 3.63. The second-order valence-corrected chi connectivity index (χ2v) is 4.96. The Kier molecular flexibility index (Phi) is 2.54. The van der Waals surface area contributed by atoms with Crippen LogP contribution in [-0.4, -0.2) is 16.7 Å². The average Bonchev–Trinajstić information content (AvgIpc) is 2.39. The molecule has 0 radical (unpaired) electrons. The summed E-state index contributed by atoms with van der Waals surface area (Å²) < 4.78 is 5.85. The van der Waals surface area contributed by atoms with Gasteiger partial charge in [0.05, 0.1) is 0 Å². The molecule has 4 heteroatoms. The van der Waals surface area contributed by atoms with Crippen LogP contribution in [0.3, 0.4) is 0 Å². The number of aliphatic hydroxyl groups excluding tert-OH is 1. The van der Waals surface area contributed by atoms with Gasteiger partial charge in [0.25, 0.3) is 0 Å². The van der Waals surface area contributed by atoms with Gasteiger partial charge < -0.3 is 9.84 Å². The van der Waals surface area contributed by atoms with E-state index in [9.17, 15) is 9.90 Å². The Balaban J connectivity index is 2.61. The van der Waals surface area contributed by atoms with E-state index >= 15 is 0 Å². The average molecular weight is 283 g/mol. The molecule has 0 aliphatic carbocycles. The van der Waals surface area contributed by atoms with Crippen LogP contribution in [0.2, 0.25) is 0 Å². The van der Waals surface area contributed by atoms with Crippen molar-refractivity contribution in [3.63, 3.8) is 0 Å². The van der Waals surface area contributed by atoms with Crippen LogP contribution in [0.15, 0.2) is 34.5 Å². The maximum atomic E-state index is 11.7. The molecule has 84 valence electrons. The van der Waals surface area contributed by atoms with Crippen molar-refractivity contribution in [3.8, 4) is 0 Å². The van der Waals surface area contributed by atoms with E-state index in [0.717, 1.165) is 4.47 Å². The van der Waals surface area contributed by atoms with Gasteiger partial charge in [0.15, 0.2) is 11.4 Å². The third-order valence-electron chi connectivity index (χ3n) is 2.50. The van der Waals surface area contributed by atoms with E-state index in [2.05, 4.69) is 15.9 Å². The lowest BCUT2D eigenvalue weighted by molar-refractivity contribution is -0.143. The summed E-state index contributed by atoms with van der Waals surface area (Å²) in [6.45, 7) is 3.31. The Bertz CT molecular complexity index is 489. The van der Waals surface area contributed by atoms with Gasteiger partial charge in [0.2, 0.25) is 0 Å². The number of carbonyl (C=O) groups is 1. The van der Waals surface area contributed by atoms with Crippen LogP contribution < -0.4 is 0 Å². The molecule has 1 aliphatic rings. The fourth-order valence-electron chi connectivity index (χ4n) is 1.63. The molecule has 3 nitrogen and oxygen atoms in total. The first-order valence-electron chi connectivity index (χ1n) is 4.85. The highest BCUT2D eigenvalue weighted by molar-refractivity contribution is 9.10. The molecule has 0 bridgehead atoms. The van der Waals surface area contributed by atoms with E-state index in [4.69, 9.17) is 4.74 Å². The lowest BCUT2D eigenvalue weighted by Gasteiger charge is -2.16. The number of aliphatic hydroxyl groups is 1. The first-order valence-corrected chi connectivity index (χ1v) is 5.65. The van der Waals surface area contributed by atoms with E-state index in [-0.39, 0.29) is 11.3 Å². The summed E-state index contributed by atoms with van der Waals surface area (Å²) in [5.74, 6) is -0.515. The predicted octanol–water partition coefficient (Wildman–Crippen LogP) is 3.05. The number of cyclic esters (lactones) is 1. The maximum Gasteiger partial charge on any atom is 0.343 e. The number of ether oxygens (including phenoxy) is 1. The Labute approximate surface area is 102 Å². The summed E-state index contributed by atoms with van der Waals surface area (Å²) in [5.41, 5.74) is -0.0603. The Hall–Kier alpha value is -1.29. The minimum Gasteiger partial charge on any atom is -0.507 e. The maximum absolute atomic E-state index is 11.7. The quantitative estimate of drug-likeness (QED) is 0.806. The molecule has 0 aromatic heterocycles. The molecule has 2 rings (SSSR count). The fourth-order valence-corrected chi connectivity index (χ4v) is 2.11. The topological polar surface area (TPSA) is 46.5 Å². The minimum atomic E-state index is -0.943. The summed E-state index contributed by atoms with van der Waals surface area (Å²) in [6, 6.07) is 7.22. The summed E-state index contributed by atoms with van der Waals surface area (Å²) in [5, 5.41) is 9.98. The molecular formula is C12H11BrO3. The fraction of sp³-hybridized carbons (Fsp3) is 0.250. The van der Waals surface area contributed by atoms with Crippen LogP contribution >= 0.6 is 15.9 Å². The van der Waals surface area contributed by atoms with Gasteiger partial charge >= 0.3 is 5.97 Å². The van der Waals surface area contributed by atoms with Gasteiger partial charge in [0.1, 0.15) is 5.57 Å². The van der Waals surface area contributed by atoms with Gasteiger partial charge in [-0.15, -0.1) is 0 Å². The Morgan fingerprint density at radius 1 is 1.31 bits per heavy atom. The first-order chi connectivity index (χ1) is 7.43. The highest BCUT2D eigenvalue weighted by atomic mass is 79.9. The van der Waals surface area contributed by atoms with E-state index in [1.807, 2.05) is 12.1 Å². The molecule has 1 heterocycles. The zero-order chi connectivity index (χ0) is 11.9. The zero-order valence-corrected chi connectivity index (χ0v) is 10.5. The van der Waals surface area contributed by atoms with Crippen molar-refractivity contribution in [1.82, 2.24) is 0 Å². The van der Waals surface area contributed by atoms with Crippen molar-refractivity contribution < 1.29 is 14.6 Å². The lowest BCUT2D eigenvalue weighted by atomic mass is 10.0. The predicted molar refractivity (Wildman–Crippen MR) is 63.9 cm³/mol. The molecule has 0 unspecified atom stereocenters. The molecule has 0 saturated heterocycles. The summed E-state index contributed by atoms with van der Waals surface area (Å²) in [7, 11) is 0. The number of hydrogen-bond acceptors (Lipinski definition) is 3. The molecule has 1 aromatic rings. The van der Waals surface area contributed by atoms with Crippen LogP contribution in [0.5, 0.6) is 0 Å². The van der Waals surface area contributed by atoms with Gasteiger partial charge in [0, 0.05) is 10.0 Å². The molecule has 1 aliphatic heterocycles. The minimum absolute atomic E-state index is 0.0237. The van der Waals surface area contributed by atoms with Crippen LogP contribution in [0.1, 0.15) is 19.4 Å². The summed E-state index contributed by atoms with van der Waals surface area (Å²) in [4.78, 5) is 11.7. The van der Waals surface area contributed by atoms with Crippen LogP contribution in [0.4, 0.5) is 0 Å². The molecule has 0 saturated carbocycles. The number of esters is 1. The van der Waals surface area contributed by atoms with E-state index in [1.165, 1.54) is 0 Å². The molecule has 0 spiro atoms. The van der Waals surface area contributed by atoms with Crippen LogP contribution in [-0.2, 0) is 9.53 Å². The molecule has 16 heavy (non-hydrogen) atoms. The smallest absolute Gasteiger partial charge is 0.343 e. The zero-order valence-electron chi connectivity index (χ0n) is 8.95. The van der Waals surface area contributed by atoms with Gasteiger partial charge in [-0.05, 0) is 19.9 Å². The highest BCUT2D eigenvalue weighted by Crippen LogP contribution is 2.38. The molecule has 1 aromatic carbocycles. The highest BCUT2D eigenvalue weighted by Gasteiger charge is 2.41. The van der Waals surface area contributed by atoms with E-state index < -0.39 is 11.6 Å². The van der Waals surface area contributed by atoms with Crippen molar-refractivity contribution in [2.45, 2.75) is 19.4 Å². The number of rotatable bonds is 1. The van der Waals surface area contributed by atoms with Crippen molar-refractivity contribution in [2.75, 3.05) is 0 Å². The largest absolute Gasteiger partial charge is 0.507 e. The monoisotopic (exact) mass is 282 g/mol. The van der Waals surface area contributed by atoms with E-state index in [0.29, 0.717) is 5.56 Å². The second-order valence-electron chi connectivity index (χ2n) is 4.10.